The normalized spacial score (nSPS) is 17.9. The number of hydrogen-bond acceptors (Lipinski definition) is 2. The average Bonchev–Trinajstić information content (AvgIpc) is 2.88. The molecule has 1 heterocycles. The molecule has 0 radical (unpaired) electrons. The van der Waals surface area contributed by atoms with E-state index in [0.29, 0.717) is 10.8 Å². The molecule has 1 fully saturated rings. The van der Waals surface area contributed by atoms with Gasteiger partial charge in [0.2, 0.25) is 0 Å². The Morgan fingerprint density at radius 1 is 0.857 bits per heavy atom. The Kier molecular flexibility index (Phi) is 7.70. The van der Waals surface area contributed by atoms with E-state index in [9.17, 15) is 0 Å². The lowest BCUT2D eigenvalue weighted by Crippen LogP contribution is -2.32. The molecule has 2 nitrogen and oxygen atoms in total. The molecule has 126 valence electrons. The van der Waals surface area contributed by atoms with Gasteiger partial charge in [0.1, 0.15) is 0 Å². The third-order valence-electron chi connectivity index (χ3n) is 5.03. The van der Waals surface area contributed by atoms with E-state index in [1.54, 1.807) is 0 Å². The standard InChI is InChI=1S/C19H40N2/c1-7-20(15-10-18(2,3)4)16-11-19(5,6)12-17-21-13-8-9-14-21/h7-17H2,1-6H3. The molecule has 0 saturated carbocycles. The highest BCUT2D eigenvalue weighted by Gasteiger charge is 2.22. The lowest BCUT2D eigenvalue weighted by molar-refractivity contribution is 0.180. The molecule has 21 heavy (non-hydrogen) atoms. The van der Waals surface area contributed by atoms with Crippen LogP contribution < -0.4 is 0 Å². The van der Waals surface area contributed by atoms with Gasteiger partial charge < -0.3 is 9.80 Å². The van der Waals surface area contributed by atoms with Gasteiger partial charge in [-0.25, -0.2) is 0 Å². The molecule has 0 aromatic carbocycles. The number of likely N-dealkylation sites (tertiary alicyclic amines) is 1. The summed E-state index contributed by atoms with van der Waals surface area (Å²) in [5, 5.41) is 0. The first-order chi connectivity index (χ1) is 9.72. The first kappa shape index (κ1) is 19.0. The first-order valence-corrected chi connectivity index (χ1v) is 9.17. The highest BCUT2D eigenvalue weighted by Crippen LogP contribution is 2.27. The number of nitrogens with zero attached hydrogens (tertiary/aromatic N) is 2. The van der Waals surface area contributed by atoms with Crippen LogP contribution in [0.5, 0.6) is 0 Å². The maximum atomic E-state index is 2.65. The summed E-state index contributed by atoms with van der Waals surface area (Å²) in [6.45, 7) is 22.0. The van der Waals surface area contributed by atoms with Crippen molar-refractivity contribution in [1.29, 1.82) is 0 Å². The van der Waals surface area contributed by atoms with Crippen LogP contribution in [0.25, 0.3) is 0 Å². The van der Waals surface area contributed by atoms with Crippen molar-refractivity contribution < 1.29 is 0 Å². The van der Waals surface area contributed by atoms with E-state index >= 15 is 0 Å². The minimum Gasteiger partial charge on any atom is -0.304 e. The second kappa shape index (κ2) is 8.53. The molecule has 0 aromatic heterocycles. The summed E-state index contributed by atoms with van der Waals surface area (Å²) in [6, 6.07) is 0. The predicted octanol–water partition coefficient (Wildman–Crippen LogP) is 4.65. The van der Waals surface area contributed by atoms with Crippen LogP contribution in [0.3, 0.4) is 0 Å². The monoisotopic (exact) mass is 296 g/mol. The summed E-state index contributed by atoms with van der Waals surface area (Å²) >= 11 is 0. The van der Waals surface area contributed by atoms with Gasteiger partial charge in [-0.15, -0.1) is 0 Å². The molecule has 0 unspecified atom stereocenters. The van der Waals surface area contributed by atoms with E-state index in [2.05, 4.69) is 51.3 Å². The highest BCUT2D eigenvalue weighted by atomic mass is 15.1. The molecular weight excluding hydrogens is 256 g/mol. The minimum atomic E-state index is 0.457. The largest absolute Gasteiger partial charge is 0.304 e. The van der Waals surface area contributed by atoms with Crippen molar-refractivity contribution in [2.24, 2.45) is 10.8 Å². The average molecular weight is 297 g/mol. The Morgan fingerprint density at radius 2 is 1.43 bits per heavy atom. The van der Waals surface area contributed by atoms with Crippen LogP contribution in [-0.2, 0) is 0 Å². The van der Waals surface area contributed by atoms with Crippen LogP contribution in [0.2, 0.25) is 0 Å². The van der Waals surface area contributed by atoms with Gasteiger partial charge in [0.05, 0.1) is 0 Å². The van der Waals surface area contributed by atoms with Crippen molar-refractivity contribution in [2.75, 3.05) is 39.3 Å². The zero-order valence-electron chi connectivity index (χ0n) is 15.7. The molecule has 0 amide bonds. The summed E-state index contributed by atoms with van der Waals surface area (Å²) in [4.78, 5) is 5.29. The van der Waals surface area contributed by atoms with Crippen molar-refractivity contribution >= 4 is 0 Å². The molecule has 0 aliphatic carbocycles. The van der Waals surface area contributed by atoms with Crippen molar-refractivity contribution in [3.8, 4) is 0 Å². The molecule has 0 aromatic rings. The molecule has 0 spiro atoms. The fourth-order valence-corrected chi connectivity index (χ4v) is 2.97. The molecular formula is C19H40N2. The Labute approximate surface area is 134 Å². The Bertz CT molecular complexity index is 272. The van der Waals surface area contributed by atoms with Crippen LogP contribution >= 0.6 is 0 Å². The van der Waals surface area contributed by atoms with Gasteiger partial charge >= 0.3 is 0 Å². The van der Waals surface area contributed by atoms with E-state index in [-0.39, 0.29) is 0 Å². The maximum absolute atomic E-state index is 2.65. The predicted molar refractivity (Wildman–Crippen MR) is 94.9 cm³/mol. The quantitative estimate of drug-likeness (QED) is 0.611. The zero-order valence-corrected chi connectivity index (χ0v) is 15.7. The Morgan fingerprint density at radius 3 is 1.95 bits per heavy atom. The SMILES string of the molecule is CCN(CCC(C)(C)C)CCC(C)(C)CCN1CCCC1. The van der Waals surface area contributed by atoms with Crippen LogP contribution in [-0.4, -0.2) is 49.1 Å². The van der Waals surface area contributed by atoms with Gasteiger partial charge in [-0.05, 0) is 82.2 Å². The number of hydrogen-bond donors (Lipinski definition) is 0. The molecule has 1 aliphatic rings. The Hall–Kier alpha value is -0.0800. The molecule has 1 rings (SSSR count). The van der Waals surface area contributed by atoms with E-state index in [1.807, 2.05) is 0 Å². The molecule has 2 heteroatoms. The van der Waals surface area contributed by atoms with Crippen molar-refractivity contribution in [3.63, 3.8) is 0 Å². The van der Waals surface area contributed by atoms with Crippen molar-refractivity contribution in [1.82, 2.24) is 9.80 Å². The van der Waals surface area contributed by atoms with E-state index < -0.39 is 0 Å². The van der Waals surface area contributed by atoms with Crippen LogP contribution in [0.15, 0.2) is 0 Å². The summed E-state index contributed by atoms with van der Waals surface area (Å²) in [5.74, 6) is 0. The molecule has 1 aliphatic heterocycles. The Balaban J connectivity index is 2.25. The smallest absolute Gasteiger partial charge is 0.00136 e. The van der Waals surface area contributed by atoms with E-state index in [0.717, 1.165) is 0 Å². The third-order valence-corrected chi connectivity index (χ3v) is 5.03. The second-order valence-corrected chi connectivity index (χ2v) is 8.96. The fraction of sp³-hybridized carbons (Fsp3) is 1.00. The summed E-state index contributed by atoms with van der Waals surface area (Å²) in [5.41, 5.74) is 0.941. The lowest BCUT2D eigenvalue weighted by Gasteiger charge is -2.31. The van der Waals surface area contributed by atoms with Crippen molar-refractivity contribution in [2.45, 2.75) is 73.6 Å². The van der Waals surface area contributed by atoms with Crippen molar-refractivity contribution in [3.05, 3.63) is 0 Å². The molecule has 0 N–H and O–H groups in total. The fourth-order valence-electron chi connectivity index (χ4n) is 2.97. The van der Waals surface area contributed by atoms with E-state index in [4.69, 9.17) is 0 Å². The summed E-state index contributed by atoms with van der Waals surface area (Å²) in [7, 11) is 0. The van der Waals surface area contributed by atoms with Crippen LogP contribution in [0.1, 0.15) is 73.6 Å². The van der Waals surface area contributed by atoms with Gasteiger partial charge in [0.15, 0.2) is 0 Å². The maximum Gasteiger partial charge on any atom is -0.00136 e. The minimum absolute atomic E-state index is 0.457. The second-order valence-electron chi connectivity index (χ2n) is 8.96. The summed E-state index contributed by atoms with van der Waals surface area (Å²) in [6.07, 6.45) is 6.81. The third kappa shape index (κ3) is 8.83. The van der Waals surface area contributed by atoms with E-state index in [1.165, 1.54) is 71.4 Å². The molecule has 1 saturated heterocycles. The van der Waals surface area contributed by atoms with Gasteiger partial charge in [-0.3, -0.25) is 0 Å². The topological polar surface area (TPSA) is 6.48 Å². The van der Waals surface area contributed by atoms with Crippen LogP contribution in [0, 0.1) is 10.8 Å². The zero-order chi connectivity index (χ0) is 15.9. The highest BCUT2D eigenvalue weighted by molar-refractivity contribution is 4.75. The molecule has 0 bridgehead atoms. The van der Waals surface area contributed by atoms with Crippen LogP contribution in [0.4, 0.5) is 0 Å². The number of rotatable bonds is 9. The van der Waals surface area contributed by atoms with Gasteiger partial charge in [-0.2, -0.15) is 0 Å². The first-order valence-electron chi connectivity index (χ1n) is 9.17. The van der Waals surface area contributed by atoms with Gasteiger partial charge in [0.25, 0.3) is 0 Å². The summed E-state index contributed by atoms with van der Waals surface area (Å²) < 4.78 is 0. The van der Waals surface area contributed by atoms with Gasteiger partial charge in [-0.1, -0.05) is 41.5 Å². The van der Waals surface area contributed by atoms with Gasteiger partial charge in [0, 0.05) is 0 Å². The lowest BCUT2D eigenvalue weighted by atomic mass is 9.85. The molecule has 0 atom stereocenters.